The Morgan fingerprint density at radius 3 is 2.67 bits per heavy atom. The number of allylic oxidation sites excluding steroid dienone is 2. The van der Waals surface area contributed by atoms with Gasteiger partial charge in [-0.25, -0.2) is 5.01 Å². The Morgan fingerprint density at radius 1 is 1.08 bits per heavy atom. The smallest absolute Gasteiger partial charge is 0.0915 e. The van der Waals surface area contributed by atoms with Gasteiger partial charge in [0, 0.05) is 55.0 Å². The molecule has 0 amide bonds. The molecule has 1 fully saturated rings. The number of hydrogen-bond acceptors (Lipinski definition) is 5. The summed E-state index contributed by atoms with van der Waals surface area (Å²) in [6, 6.07) is 10.8. The van der Waals surface area contributed by atoms with Crippen molar-refractivity contribution in [2.24, 2.45) is 0 Å². The second-order valence-electron chi connectivity index (χ2n) is 6.34. The van der Waals surface area contributed by atoms with Gasteiger partial charge in [0.1, 0.15) is 0 Å². The summed E-state index contributed by atoms with van der Waals surface area (Å²) in [5.74, 6) is 0. The maximum Gasteiger partial charge on any atom is 0.0915 e. The predicted molar refractivity (Wildman–Crippen MR) is 99.3 cm³/mol. The molecule has 2 aromatic rings. The van der Waals surface area contributed by atoms with Gasteiger partial charge in [-0.05, 0) is 24.3 Å². The van der Waals surface area contributed by atoms with Crippen molar-refractivity contribution in [3.63, 3.8) is 0 Å². The lowest BCUT2D eigenvalue weighted by Gasteiger charge is -2.41. The van der Waals surface area contributed by atoms with Gasteiger partial charge in [-0.3, -0.25) is 5.01 Å². The lowest BCUT2D eigenvalue weighted by molar-refractivity contribution is 0.155. The first-order chi connectivity index (χ1) is 11.8. The van der Waals surface area contributed by atoms with Crippen LogP contribution in [-0.4, -0.2) is 43.1 Å². The number of nitriles is 1. The number of anilines is 2. The monoisotopic (exact) mass is 336 g/mol. The molecule has 1 saturated heterocycles. The van der Waals surface area contributed by atoms with Crippen molar-refractivity contribution >= 4 is 28.3 Å². The number of thiophene rings is 1. The van der Waals surface area contributed by atoms with Crippen LogP contribution in [0.4, 0.5) is 11.4 Å². The Kier molecular flexibility index (Phi) is 4.11. The SMILES string of the molecule is CN1CCN(N2c3ccccc3CC(=CC#N)c3cscc32)CC1. The van der Waals surface area contributed by atoms with Gasteiger partial charge < -0.3 is 4.90 Å². The number of rotatable bonds is 1. The van der Waals surface area contributed by atoms with Crippen molar-refractivity contribution in [2.75, 3.05) is 38.2 Å². The summed E-state index contributed by atoms with van der Waals surface area (Å²) in [5.41, 5.74) is 6.02. The van der Waals surface area contributed by atoms with Crippen LogP contribution in [0.3, 0.4) is 0 Å². The highest BCUT2D eigenvalue weighted by molar-refractivity contribution is 7.08. The standard InChI is InChI=1S/C19H20N4S/c1-21-8-10-22(11-9-21)23-18-5-3-2-4-16(18)12-15(6-7-20)17-13-24-14-19(17)23/h2-6,13-14H,8-12H2,1H3. The molecule has 122 valence electrons. The molecule has 0 spiro atoms. The average molecular weight is 336 g/mol. The largest absolute Gasteiger partial charge is 0.304 e. The van der Waals surface area contributed by atoms with Crippen molar-refractivity contribution in [1.29, 1.82) is 5.26 Å². The fourth-order valence-electron chi connectivity index (χ4n) is 3.50. The molecule has 0 N–H and O–H groups in total. The maximum absolute atomic E-state index is 9.21. The summed E-state index contributed by atoms with van der Waals surface area (Å²) in [5, 5.41) is 18.4. The Morgan fingerprint density at radius 2 is 1.88 bits per heavy atom. The van der Waals surface area contributed by atoms with E-state index in [0.717, 1.165) is 38.2 Å². The van der Waals surface area contributed by atoms with Gasteiger partial charge in [-0.1, -0.05) is 18.2 Å². The van der Waals surface area contributed by atoms with Gasteiger partial charge in [0.2, 0.25) is 0 Å². The molecule has 1 aromatic heterocycles. The molecular formula is C19H20N4S. The predicted octanol–water partition coefficient (Wildman–Crippen LogP) is 3.51. The Labute approximate surface area is 146 Å². The first-order valence-corrected chi connectivity index (χ1v) is 9.19. The molecule has 5 heteroatoms. The lowest BCUT2D eigenvalue weighted by Crippen LogP contribution is -2.51. The Balaban J connectivity index is 1.85. The average Bonchev–Trinajstić information content (AvgIpc) is 3.03. The molecule has 0 aliphatic carbocycles. The molecule has 3 heterocycles. The minimum absolute atomic E-state index is 0.803. The highest BCUT2D eigenvalue weighted by Crippen LogP contribution is 2.43. The summed E-state index contributed by atoms with van der Waals surface area (Å²) >= 11 is 1.71. The summed E-state index contributed by atoms with van der Waals surface area (Å²) < 4.78 is 0. The van der Waals surface area contributed by atoms with Crippen LogP contribution < -0.4 is 5.01 Å². The van der Waals surface area contributed by atoms with Crippen molar-refractivity contribution in [1.82, 2.24) is 9.91 Å². The van der Waals surface area contributed by atoms with Gasteiger partial charge in [0.15, 0.2) is 0 Å². The second kappa shape index (κ2) is 6.40. The molecule has 0 saturated carbocycles. The topological polar surface area (TPSA) is 33.5 Å². The van der Waals surface area contributed by atoms with Gasteiger partial charge >= 0.3 is 0 Å². The van der Waals surface area contributed by atoms with Crippen LogP contribution in [0.2, 0.25) is 0 Å². The molecule has 0 atom stereocenters. The van der Waals surface area contributed by atoms with E-state index in [1.165, 1.54) is 22.5 Å². The minimum atomic E-state index is 0.803. The van der Waals surface area contributed by atoms with Crippen molar-refractivity contribution in [3.05, 3.63) is 52.2 Å². The fraction of sp³-hybridized carbons (Fsp3) is 0.316. The van der Waals surface area contributed by atoms with Gasteiger partial charge in [-0.2, -0.15) is 5.26 Å². The summed E-state index contributed by atoms with van der Waals surface area (Å²) in [7, 11) is 2.18. The molecular weight excluding hydrogens is 316 g/mol. The maximum atomic E-state index is 9.21. The minimum Gasteiger partial charge on any atom is -0.304 e. The number of benzene rings is 1. The van der Waals surface area contributed by atoms with E-state index in [2.05, 4.69) is 63.1 Å². The van der Waals surface area contributed by atoms with E-state index in [9.17, 15) is 5.26 Å². The number of hydrogen-bond donors (Lipinski definition) is 0. The summed E-state index contributed by atoms with van der Waals surface area (Å²) in [4.78, 5) is 2.37. The van der Waals surface area contributed by atoms with Gasteiger partial charge in [0.25, 0.3) is 0 Å². The van der Waals surface area contributed by atoms with Crippen LogP contribution in [-0.2, 0) is 6.42 Å². The Hall–Kier alpha value is -2.13. The molecule has 0 radical (unpaired) electrons. The van der Waals surface area contributed by atoms with Gasteiger partial charge in [-0.15, -0.1) is 11.3 Å². The molecule has 4 nitrogen and oxygen atoms in total. The number of hydrazine groups is 1. The quantitative estimate of drug-likeness (QED) is 0.746. The summed E-state index contributed by atoms with van der Waals surface area (Å²) in [6.45, 7) is 4.16. The van der Waals surface area contributed by atoms with E-state index in [1.54, 1.807) is 17.4 Å². The zero-order valence-corrected chi connectivity index (χ0v) is 14.6. The van der Waals surface area contributed by atoms with Crippen LogP contribution in [0.15, 0.2) is 41.1 Å². The third kappa shape index (κ3) is 2.63. The van der Waals surface area contributed by atoms with Crippen LogP contribution >= 0.6 is 11.3 Å². The first-order valence-electron chi connectivity index (χ1n) is 8.24. The number of likely N-dealkylation sites (N-methyl/N-ethyl adjacent to an activating group) is 1. The molecule has 2 aliphatic rings. The molecule has 0 bridgehead atoms. The number of para-hydroxylation sites is 1. The van der Waals surface area contributed by atoms with Crippen LogP contribution in [0, 0.1) is 11.3 Å². The normalized spacial score (nSPS) is 20.3. The van der Waals surface area contributed by atoms with Crippen LogP contribution in [0.25, 0.3) is 5.57 Å². The van der Waals surface area contributed by atoms with Crippen molar-refractivity contribution in [3.8, 4) is 6.07 Å². The Bertz CT molecular complexity index is 809. The van der Waals surface area contributed by atoms with Crippen molar-refractivity contribution < 1.29 is 0 Å². The number of piperazine rings is 1. The van der Waals surface area contributed by atoms with Crippen molar-refractivity contribution in [2.45, 2.75) is 6.42 Å². The van der Waals surface area contributed by atoms with E-state index >= 15 is 0 Å². The zero-order valence-electron chi connectivity index (χ0n) is 13.8. The third-order valence-electron chi connectivity index (χ3n) is 4.82. The third-order valence-corrected chi connectivity index (χ3v) is 5.55. The number of fused-ring (bicyclic) bond motifs is 2. The van der Waals surface area contributed by atoms with Crippen LogP contribution in [0.1, 0.15) is 11.1 Å². The molecule has 1 aromatic carbocycles. The second-order valence-corrected chi connectivity index (χ2v) is 7.09. The van der Waals surface area contributed by atoms with E-state index < -0.39 is 0 Å². The van der Waals surface area contributed by atoms with E-state index in [1.807, 2.05) is 0 Å². The molecule has 24 heavy (non-hydrogen) atoms. The zero-order chi connectivity index (χ0) is 16.5. The fourth-order valence-corrected chi connectivity index (χ4v) is 4.33. The highest BCUT2D eigenvalue weighted by Gasteiger charge is 2.29. The first kappa shape index (κ1) is 15.4. The highest BCUT2D eigenvalue weighted by atomic mass is 32.1. The van der Waals surface area contributed by atoms with E-state index in [-0.39, 0.29) is 0 Å². The van der Waals surface area contributed by atoms with E-state index in [4.69, 9.17) is 0 Å². The summed E-state index contributed by atoms with van der Waals surface area (Å²) in [6.07, 6.45) is 2.51. The number of nitrogens with zero attached hydrogens (tertiary/aromatic N) is 4. The molecule has 0 unspecified atom stereocenters. The lowest BCUT2D eigenvalue weighted by atomic mass is 10.0. The van der Waals surface area contributed by atoms with E-state index in [0.29, 0.717) is 0 Å². The molecule has 4 rings (SSSR count). The van der Waals surface area contributed by atoms with Gasteiger partial charge in [0.05, 0.1) is 17.4 Å². The van der Waals surface area contributed by atoms with Crippen LogP contribution in [0.5, 0.6) is 0 Å². The molecule has 2 aliphatic heterocycles.